The smallest absolute Gasteiger partial charge is 0.255 e. The average Bonchev–Trinajstić information content (AvgIpc) is 2.76. The molecule has 0 bridgehead atoms. The number of hydrogen-bond acceptors (Lipinski definition) is 4. The van der Waals surface area contributed by atoms with Crippen LogP contribution in [-0.4, -0.2) is 22.5 Å². The van der Waals surface area contributed by atoms with Crippen LogP contribution in [0, 0.1) is 0 Å². The molecule has 5 heteroatoms. The van der Waals surface area contributed by atoms with E-state index in [9.17, 15) is 9.90 Å². The molecule has 0 saturated carbocycles. The lowest BCUT2D eigenvalue weighted by Gasteiger charge is -2.09. The van der Waals surface area contributed by atoms with Crippen LogP contribution in [0.1, 0.15) is 15.9 Å². The van der Waals surface area contributed by atoms with Gasteiger partial charge in [-0.05, 0) is 48.4 Å². The Morgan fingerprint density at radius 2 is 1.66 bits per heavy atom. The first kappa shape index (κ1) is 18.5. The summed E-state index contributed by atoms with van der Waals surface area (Å²) in [6.45, 7) is 0.456. The quantitative estimate of drug-likeness (QED) is 0.505. The van der Waals surface area contributed by atoms with Crippen molar-refractivity contribution in [2.75, 3.05) is 6.54 Å². The van der Waals surface area contributed by atoms with Gasteiger partial charge in [0.2, 0.25) is 0 Å². The molecule has 0 atom stereocenters. The average molecular weight is 384 g/mol. The van der Waals surface area contributed by atoms with Crippen molar-refractivity contribution in [1.29, 1.82) is 0 Å². The predicted octanol–water partition coefficient (Wildman–Crippen LogP) is 4.71. The molecule has 3 aromatic carbocycles. The van der Waals surface area contributed by atoms with Crippen molar-refractivity contribution in [2.24, 2.45) is 0 Å². The van der Waals surface area contributed by atoms with Crippen molar-refractivity contribution >= 4 is 16.8 Å². The predicted molar refractivity (Wildman–Crippen MR) is 112 cm³/mol. The first-order chi connectivity index (χ1) is 14.2. The number of hydrogen-bond donors (Lipinski definition) is 2. The molecule has 0 saturated heterocycles. The normalized spacial score (nSPS) is 10.6. The van der Waals surface area contributed by atoms with Gasteiger partial charge in [0, 0.05) is 18.1 Å². The number of pyridine rings is 1. The number of aromatic hydroxyl groups is 1. The number of phenols is 1. The van der Waals surface area contributed by atoms with Gasteiger partial charge in [-0.3, -0.25) is 9.78 Å². The van der Waals surface area contributed by atoms with E-state index in [1.165, 1.54) is 0 Å². The molecule has 0 fully saturated rings. The van der Waals surface area contributed by atoms with Crippen LogP contribution in [0.5, 0.6) is 17.2 Å². The highest BCUT2D eigenvalue weighted by molar-refractivity contribution is 6.02. The van der Waals surface area contributed by atoms with Crippen molar-refractivity contribution in [1.82, 2.24) is 10.3 Å². The number of carbonyl (C=O) groups is 1. The van der Waals surface area contributed by atoms with E-state index < -0.39 is 0 Å². The Bertz CT molecular complexity index is 1130. The number of nitrogens with one attached hydrogen (secondary N) is 1. The maximum Gasteiger partial charge on any atom is 0.255 e. The molecule has 0 spiro atoms. The van der Waals surface area contributed by atoms with Crippen LogP contribution in [-0.2, 0) is 6.42 Å². The van der Waals surface area contributed by atoms with Gasteiger partial charge >= 0.3 is 0 Å². The van der Waals surface area contributed by atoms with Gasteiger partial charge in [-0.1, -0.05) is 42.5 Å². The number of ether oxygens (including phenoxy) is 1. The number of aromatic nitrogens is 1. The third-order valence-corrected chi connectivity index (χ3v) is 4.59. The minimum Gasteiger partial charge on any atom is -0.505 e. The molecule has 29 heavy (non-hydrogen) atoms. The van der Waals surface area contributed by atoms with Gasteiger partial charge in [0.25, 0.3) is 5.91 Å². The summed E-state index contributed by atoms with van der Waals surface area (Å²) in [5.74, 6) is 1.14. The monoisotopic (exact) mass is 384 g/mol. The van der Waals surface area contributed by atoms with E-state index in [4.69, 9.17) is 4.74 Å². The molecule has 144 valence electrons. The zero-order valence-electron chi connectivity index (χ0n) is 15.7. The fourth-order valence-corrected chi connectivity index (χ4v) is 3.08. The highest BCUT2D eigenvalue weighted by Gasteiger charge is 2.14. The summed E-state index contributed by atoms with van der Waals surface area (Å²) < 4.78 is 5.78. The maximum absolute atomic E-state index is 12.4. The van der Waals surface area contributed by atoms with Gasteiger partial charge in [-0.15, -0.1) is 0 Å². The molecule has 1 amide bonds. The molecule has 0 aliphatic heterocycles. The standard InChI is InChI=1S/C24H20N2O3/c27-23-21(13-10-18-5-4-15-25-22(18)23)24(28)26-16-14-17-8-11-20(12-9-17)29-19-6-2-1-3-7-19/h1-13,15,27H,14,16H2,(H,26,28). The van der Waals surface area contributed by atoms with Crippen LogP contribution < -0.4 is 10.1 Å². The molecule has 5 nitrogen and oxygen atoms in total. The number of phenolic OH excluding ortho intramolecular Hbond substituents is 1. The largest absolute Gasteiger partial charge is 0.505 e. The van der Waals surface area contributed by atoms with Crippen LogP contribution in [0.2, 0.25) is 0 Å². The second-order valence-electron chi connectivity index (χ2n) is 6.60. The van der Waals surface area contributed by atoms with E-state index in [0.717, 1.165) is 22.4 Å². The number of benzene rings is 3. The van der Waals surface area contributed by atoms with E-state index >= 15 is 0 Å². The molecule has 4 rings (SSSR count). The van der Waals surface area contributed by atoms with Crippen molar-refractivity contribution in [3.63, 3.8) is 0 Å². The lowest BCUT2D eigenvalue weighted by Crippen LogP contribution is -2.25. The first-order valence-electron chi connectivity index (χ1n) is 9.37. The lowest BCUT2D eigenvalue weighted by molar-refractivity contribution is 0.0951. The maximum atomic E-state index is 12.4. The SMILES string of the molecule is O=C(NCCc1ccc(Oc2ccccc2)cc1)c1ccc2cccnc2c1O. The van der Waals surface area contributed by atoms with Gasteiger partial charge < -0.3 is 15.2 Å². The Balaban J connectivity index is 1.34. The highest BCUT2D eigenvalue weighted by atomic mass is 16.5. The van der Waals surface area contributed by atoms with Crippen molar-refractivity contribution in [3.05, 3.63) is 96.2 Å². The van der Waals surface area contributed by atoms with Crippen molar-refractivity contribution < 1.29 is 14.6 Å². The first-order valence-corrected chi connectivity index (χ1v) is 9.37. The number of fused-ring (bicyclic) bond motifs is 1. The minimum absolute atomic E-state index is 0.0944. The molecular weight excluding hydrogens is 364 g/mol. The van der Waals surface area contributed by atoms with Gasteiger partial charge in [-0.25, -0.2) is 0 Å². The van der Waals surface area contributed by atoms with Crippen LogP contribution in [0.25, 0.3) is 10.9 Å². The minimum atomic E-state index is -0.320. The summed E-state index contributed by atoms with van der Waals surface area (Å²) in [5, 5.41) is 14.0. The molecule has 0 aliphatic rings. The Kier molecular flexibility index (Phi) is 5.38. The highest BCUT2D eigenvalue weighted by Crippen LogP contribution is 2.26. The van der Waals surface area contributed by atoms with E-state index in [-0.39, 0.29) is 17.2 Å². The van der Waals surface area contributed by atoms with Crippen LogP contribution >= 0.6 is 0 Å². The Morgan fingerprint density at radius 1 is 0.897 bits per heavy atom. The Hall–Kier alpha value is -3.86. The fraction of sp³-hybridized carbons (Fsp3) is 0.0833. The lowest BCUT2D eigenvalue weighted by atomic mass is 10.1. The molecule has 0 radical (unpaired) electrons. The number of para-hydroxylation sites is 1. The molecule has 0 unspecified atom stereocenters. The molecule has 2 N–H and O–H groups in total. The molecule has 0 aliphatic carbocycles. The number of amides is 1. The number of carbonyl (C=O) groups excluding carboxylic acids is 1. The summed E-state index contributed by atoms with van der Waals surface area (Å²) in [6, 6.07) is 24.4. The summed E-state index contributed by atoms with van der Waals surface area (Å²) in [4.78, 5) is 16.6. The summed E-state index contributed by atoms with van der Waals surface area (Å²) in [7, 11) is 0. The zero-order chi connectivity index (χ0) is 20.1. The van der Waals surface area contributed by atoms with Crippen molar-refractivity contribution in [3.8, 4) is 17.2 Å². The Morgan fingerprint density at radius 3 is 2.45 bits per heavy atom. The van der Waals surface area contributed by atoms with E-state index in [1.54, 1.807) is 24.4 Å². The summed E-state index contributed by atoms with van der Waals surface area (Å²) in [6.07, 6.45) is 2.26. The molecule has 1 aromatic heterocycles. The zero-order valence-corrected chi connectivity index (χ0v) is 15.7. The van der Waals surface area contributed by atoms with Crippen LogP contribution in [0.3, 0.4) is 0 Å². The third-order valence-electron chi connectivity index (χ3n) is 4.59. The van der Waals surface area contributed by atoms with Crippen LogP contribution in [0.15, 0.2) is 85.1 Å². The van der Waals surface area contributed by atoms with Gasteiger partial charge in [0.15, 0.2) is 5.75 Å². The Labute approximate surface area is 168 Å². The third kappa shape index (κ3) is 4.35. The molecule has 4 aromatic rings. The van der Waals surface area contributed by atoms with Gasteiger partial charge in [0.1, 0.15) is 17.0 Å². The molecular formula is C24H20N2O3. The van der Waals surface area contributed by atoms with Gasteiger partial charge in [0.05, 0.1) is 5.56 Å². The second kappa shape index (κ2) is 8.44. The topological polar surface area (TPSA) is 71.5 Å². The molecule has 1 heterocycles. The van der Waals surface area contributed by atoms with E-state index in [2.05, 4.69) is 10.3 Å². The summed E-state index contributed by atoms with van der Waals surface area (Å²) in [5.41, 5.74) is 1.73. The van der Waals surface area contributed by atoms with E-state index in [0.29, 0.717) is 18.5 Å². The van der Waals surface area contributed by atoms with Crippen molar-refractivity contribution in [2.45, 2.75) is 6.42 Å². The van der Waals surface area contributed by atoms with E-state index in [1.807, 2.05) is 60.7 Å². The number of nitrogens with zero attached hydrogens (tertiary/aromatic N) is 1. The van der Waals surface area contributed by atoms with Crippen LogP contribution in [0.4, 0.5) is 0 Å². The van der Waals surface area contributed by atoms with Gasteiger partial charge in [-0.2, -0.15) is 0 Å². The fourth-order valence-electron chi connectivity index (χ4n) is 3.08. The number of rotatable bonds is 6. The second-order valence-corrected chi connectivity index (χ2v) is 6.60. The summed E-state index contributed by atoms with van der Waals surface area (Å²) >= 11 is 0.